The SMILES string of the molecule is CN=C1NCC(=N)C2CCCCCCCCCC12. The Balaban J connectivity index is 2.08. The molecule has 102 valence electrons. The molecule has 0 spiro atoms. The van der Waals surface area contributed by atoms with Crippen molar-refractivity contribution in [2.75, 3.05) is 13.6 Å². The highest BCUT2D eigenvalue weighted by Crippen LogP contribution is 2.30. The Morgan fingerprint density at radius 3 is 2.11 bits per heavy atom. The lowest BCUT2D eigenvalue weighted by atomic mass is 9.78. The van der Waals surface area contributed by atoms with Gasteiger partial charge < -0.3 is 10.7 Å². The van der Waals surface area contributed by atoms with Gasteiger partial charge in [-0.05, 0) is 12.8 Å². The van der Waals surface area contributed by atoms with Gasteiger partial charge in [0.15, 0.2) is 0 Å². The van der Waals surface area contributed by atoms with E-state index in [1.165, 1.54) is 57.8 Å². The number of rotatable bonds is 0. The van der Waals surface area contributed by atoms with Crippen LogP contribution in [0.2, 0.25) is 0 Å². The quantitative estimate of drug-likeness (QED) is 0.679. The smallest absolute Gasteiger partial charge is 0.100 e. The first-order valence-electron chi connectivity index (χ1n) is 7.61. The Hall–Kier alpha value is -0.860. The van der Waals surface area contributed by atoms with Crippen LogP contribution in [0.5, 0.6) is 0 Å². The predicted octanol–water partition coefficient (Wildman–Crippen LogP) is 3.39. The van der Waals surface area contributed by atoms with Gasteiger partial charge in [0, 0.05) is 24.6 Å². The molecule has 2 N–H and O–H groups in total. The summed E-state index contributed by atoms with van der Waals surface area (Å²) in [5, 5.41) is 11.6. The number of aliphatic imine (C=N–C) groups is 1. The summed E-state index contributed by atoms with van der Waals surface area (Å²) in [6.45, 7) is 0.716. The third-order valence-corrected chi connectivity index (χ3v) is 4.52. The van der Waals surface area contributed by atoms with Crippen LogP contribution in [-0.4, -0.2) is 25.1 Å². The lowest BCUT2D eigenvalue weighted by Crippen LogP contribution is -2.48. The second kappa shape index (κ2) is 6.91. The molecule has 0 aromatic heterocycles. The fourth-order valence-corrected chi connectivity index (χ4v) is 3.45. The first-order valence-corrected chi connectivity index (χ1v) is 7.61. The Bertz CT molecular complexity index is 309. The van der Waals surface area contributed by atoms with Gasteiger partial charge in [-0.3, -0.25) is 4.99 Å². The van der Waals surface area contributed by atoms with E-state index >= 15 is 0 Å². The van der Waals surface area contributed by atoms with E-state index in [0.29, 0.717) is 18.4 Å². The third-order valence-electron chi connectivity index (χ3n) is 4.52. The zero-order chi connectivity index (χ0) is 12.8. The molecule has 2 fully saturated rings. The van der Waals surface area contributed by atoms with Crippen molar-refractivity contribution in [2.45, 2.75) is 57.8 Å². The van der Waals surface area contributed by atoms with E-state index in [2.05, 4.69) is 10.3 Å². The van der Waals surface area contributed by atoms with Gasteiger partial charge in [-0.25, -0.2) is 0 Å². The summed E-state index contributed by atoms with van der Waals surface area (Å²) in [5.41, 5.74) is 0.909. The molecule has 1 aliphatic carbocycles. The highest BCUT2D eigenvalue weighted by molar-refractivity contribution is 5.99. The Morgan fingerprint density at radius 1 is 0.944 bits per heavy atom. The van der Waals surface area contributed by atoms with E-state index in [1.807, 2.05) is 7.05 Å². The summed E-state index contributed by atoms with van der Waals surface area (Å²) in [5.74, 6) is 2.12. The van der Waals surface area contributed by atoms with Gasteiger partial charge in [-0.1, -0.05) is 44.9 Å². The van der Waals surface area contributed by atoms with Crippen molar-refractivity contribution < 1.29 is 0 Å². The summed E-state index contributed by atoms with van der Waals surface area (Å²) in [4.78, 5) is 4.42. The summed E-state index contributed by atoms with van der Waals surface area (Å²) in [7, 11) is 1.89. The van der Waals surface area contributed by atoms with Crippen molar-refractivity contribution in [3.8, 4) is 0 Å². The molecule has 0 bridgehead atoms. The maximum atomic E-state index is 8.21. The van der Waals surface area contributed by atoms with Crippen LogP contribution in [0.15, 0.2) is 4.99 Å². The molecule has 0 amide bonds. The van der Waals surface area contributed by atoms with Crippen molar-refractivity contribution in [1.82, 2.24) is 5.32 Å². The lowest BCUT2D eigenvalue weighted by Gasteiger charge is -2.34. The number of hydrogen-bond acceptors (Lipinski definition) is 2. The van der Waals surface area contributed by atoms with Crippen LogP contribution in [-0.2, 0) is 0 Å². The average Bonchev–Trinajstić information content (AvgIpc) is 2.44. The Kier molecular flexibility index (Phi) is 5.21. The molecule has 0 radical (unpaired) electrons. The first kappa shape index (κ1) is 13.6. The number of piperidine rings is 1. The summed E-state index contributed by atoms with van der Waals surface area (Å²) in [6, 6.07) is 0. The van der Waals surface area contributed by atoms with Gasteiger partial charge in [0.2, 0.25) is 0 Å². The molecular formula is C15H27N3. The van der Waals surface area contributed by atoms with Crippen LogP contribution < -0.4 is 5.32 Å². The normalized spacial score (nSPS) is 33.4. The monoisotopic (exact) mass is 249 g/mol. The summed E-state index contributed by atoms with van der Waals surface area (Å²) >= 11 is 0. The fraction of sp³-hybridized carbons (Fsp3) is 0.867. The summed E-state index contributed by atoms with van der Waals surface area (Å²) < 4.78 is 0. The Morgan fingerprint density at radius 2 is 1.50 bits per heavy atom. The van der Waals surface area contributed by atoms with Gasteiger partial charge in [-0.2, -0.15) is 0 Å². The standard InChI is InChI=1S/C15H27N3/c1-17-15-13-10-8-6-4-2-3-5-7-9-12(13)14(16)11-18-15/h12-13,16H,2-11H2,1H3,(H,17,18). The first-order chi connectivity index (χ1) is 8.83. The second-order valence-corrected chi connectivity index (χ2v) is 5.75. The van der Waals surface area contributed by atoms with Crippen molar-refractivity contribution >= 4 is 11.5 Å². The molecule has 0 aromatic carbocycles. The van der Waals surface area contributed by atoms with Crippen LogP contribution in [0.4, 0.5) is 0 Å². The van der Waals surface area contributed by atoms with Crippen molar-refractivity contribution in [2.24, 2.45) is 16.8 Å². The van der Waals surface area contributed by atoms with Gasteiger partial charge in [-0.15, -0.1) is 0 Å². The zero-order valence-corrected chi connectivity index (χ0v) is 11.7. The lowest BCUT2D eigenvalue weighted by molar-refractivity contribution is 0.417. The topological polar surface area (TPSA) is 48.2 Å². The fourth-order valence-electron chi connectivity index (χ4n) is 3.45. The second-order valence-electron chi connectivity index (χ2n) is 5.75. The van der Waals surface area contributed by atoms with Gasteiger partial charge in [0.05, 0.1) is 6.54 Å². The summed E-state index contributed by atoms with van der Waals surface area (Å²) in [6.07, 6.45) is 11.9. The molecule has 2 aliphatic rings. The van der Waals surface area contributed by atoms with Gasteiger partial charge in [0.1, 0.15) is 5.84 Å². The van der Waals surface area contributed by atoms with E-state index in [1.54, 1.807) is 0 Å². The van der Waals surface area contributed by atoms with Gasteiger partial charge >= 0.3 is 0 Å². The van der Waals surface area contributed by atoms with Gasteiger partial charge in [0.25, 0.3) is 0 Å². The number of nitrogens with zero attached hydrogens (tertiary/aromatic N) is 1. The zero-order valence-electron chi connectivity index (χ0n) is 11.7. The molecule has 1 saturated heterocycles. The van der Waals surface area contributed by atoms with E-state index in [-0.39, 0.29) is 0 Å². The molecule has 1 heterocycles. The molecule has 0 aromatic rings. The van der Waals surface area contributed by atoms with Crippen LogP contribution in [0.1, 0.15) is 57.8 Å². The number of fused-ring (bicyclic) bond motifs is 1. The minimum absolute atomic E-state index is 0.461. The number of hydrogen-bond donors (Lipinski definition) is 2. The Labute approximate surface area is 111 Å². The average molecular weight is 249 g/mol. The third kappa shape index (κ3) is 3.33. The molecule has 2 atom stereocenters. The minimum atomic E-state index is 0.461. The molecule has 2 unspecified atom stereocenters. The molecule has 18 heavy (non-hydrogen) atoms. The van der Waals surface area contributed by atoms with E-state index in [9.17, 15) is 0 Å². The van der Waals surface area contributed by atoms with Crippen molar-refractivity contribution in [3.05, 3.63) is 0 Å². The maximum Gasteiger partial charge on any atom is 0.100 e. The predicted molar refractivity (Wildman–Crippen MR) is 77.6 cm³/mol. The highest BCUT2D eigenvalue weighted by atomic mass is 15.0. The molecule has 3 nitrogen and oxygen atoms in total. The van der Waals surface area contributed by atoms with E-state index in [4.69, 9.17) is 5.41 Å². The molecular weight excluding hydrogens is 222 g/mol. The van der Waals surface area contributed by atoms with Crippen molar-refractivity contribution in [1.29, 1.82) is 5.41 Å². The number of nitrogens with one attached hydrogen (secondary N) is 2. The molecule has 2 rings (SSSR count). The van der Waals surface area contributed by atoms with E-state index < -0.39 is 0 Å². The maximum absolute atomic E-state index is 8.21. The largest absolute Gasteiger partial charge is 0.368 e. The molecule has 1 aliphatic heterocycles. The van der Waals surface area contributed by atoms with Crippen LogP contribution in [0.3, 0.4) is 0 Å². The highest BCUT2D eigenvalue weighted by Gasteiger charge is 2.32. The minimum Gasteiger partial charge on any atom is -0.368 e. The van der Waals surface area contributed by atoms with Crippen LogP contribution >= 0.6 is 0 Å². The van der Waals surface area contributed by atoms with Crippen LogP contribution in [0, 0.1) is 17.2 Å². The van der Waals surface area contributed by atoms with Crippen molar-refractivity contribution in [3.63, 3.8) is 0 Å². The molecule has 1 saturated carbocycles. The van der Waals surface area contributed by atoms with E-state index in [0.717, 1.165) is 11.5 Å². The van der Waals surface area contributed by atoms with Crippen LogP contribution in [0.25, 0.3) is 0 Å². The molecule has 3 heteroatoms. The number of amidine groups is 1.